The van der Waals surface area contributed by atoms with Gasteiger partial charge in [0, 0.05) is 17.8 Å². The zero-order chi connectivity index (χ0) is 17.1. The molecule has 2 fully saturated rings. The second-order valence-electron chi connectivity index (χ2n) is 7.21. The number of rotatable bonds is 5. The molecule has 3 rings (SSSR count). The SMILES string of the molecule is CC1=NC2CCCCC2C(=O)N1CCOC1CCC([N+](=O)[O-])CC1. The van der Waals surface area contributed by atoms with Crippen molar-refractivity contribution in [3.05, 3.63) is 10.1 Å². The van der Waals surface area contributed by atoms with E-state index in [2.05, 4.69) is 0 Å². The predicted octanol–water partition coefficient (Wildman–Crippen LogP) is 2.41. The van der Waals surface area contributed by atoms with E-state index in [-0.39, 0.29) is 28.9 Å². The zero-order valence-electron chi connectivity index (χ0n) is 14.4. The Labute approximate surface area is 142 Å². The fourth-order valence-corrected chi connectivity index (χ4v) is 4.23. The molecule has 0 bridgehead atoms. The second kappa shape index (κ2) is 7.59. The van der Waals surface area contributed by atoms with Gasteiger partial charge in [-0.1, -0.05) is 12.8 Å². The van der Waals surface area contributed by atoms with E-state index in [1.54, 1.807) is 4.90 Å². The largest absolute Gasteiger partial charge is 0.376 e. The van der Waals surface area contributed by atoms with Crippen molar-refractivity contribution in [2.75, 3.05) is 13.2 Å². The average Bonchev–Trinajstić information content (AvgIpc) is 2.58. The Balaban J connectivity index is 1.46. The van der Waals surface area contributed by atoms with Crippen LogP contribution in [0.1, 0.15) is 58.3 Å². The lowest BCUT2D eigenvalue weighted by Crippen LogP contribution is -2.50. The van der Waals surface area contributed by atoms with Gasteiger partial charge in [-0.2, -0.15) is 0 Å². The summed E-state index contributed by atoms with van der Waals surface area (Å²) in [5.74, 6) is 1.06. The minimum atomic E-state index is -0.411. The number of aliphatic imine (C=N–C) groups is 1. The summed E-state index contributed by atoms with van der Waals surface area (Å²) in [5, 5.41) is 10.8. The maximum Gasteiger partial charge on any atom is 0.233 e. The molecule has 0 aromatic carbocycles. The van der Waals surface area contributed by atoms with Crippen LogP contribution in [0.15, 0.2) is 4.99 Å². The Kier molecular flexibility index (Phi) is 5.48. The van der Waals surface area contributed by atoms with E-state index in [1.807, 2.05) is 6.92 Å². The molecule has 0 aromatic heterocycles. The molecule has 3 aliphatic rings. The van der Waals surface area contributed by atoms with Gasteiger partial charge in [-0.15, -0.1) is 0 Å². The molecule has 0 saturated heterocycles. The van der Waals surface area contributed by atoms with E-state index in [0.717, 1.165) is 37.9 Å². The number of carbonyl (C=O) groups excluding carboxylic acids is 1. The summed E-state index contributed by atoms with van der Waals surface area (Å²) in [4.78, 5) is 29.8. The van der Waals surface area contributed by atoms with Crippen molar-refractivity contribution in [1.29, 1.82) is 0 Å². The molecule has 2 atom stereocenters. The van der Waals surface area contributed by atoms with Gasteiger partial charge < -0.3 is 4.74 Å². The molecule has 0 spiro atoms. The number of hydrogen-bond donors (Lipinski definition) is 0. The molecule has 0 N–H and O–H groups in total. The number of fused-ring (bicyclic) bond motifs is 1. The van der Waals surface area contributed by atoms with Gasteiger partial charge in [0.25, 0.3) is 0 Å². The highest BCUT2D eigenvalue weighted by atomic mass is 16.6. The van der Waals surface area contributed by atoms with Crippen molar-refractivity contribution >= 4 is 11.7 Å². The number of amidine groups is 1. The van der Waals surface area contributed by atoms with Crippen LogP contribution < -0.4 is 0 Å². The van der Waals surface area contributed by atoms with Gasteiger partial charge >= 0.3 is 0 Å². The van der Waals surface area contributed by atoms with Crippen LogP contribution >= 0.6 is 0 Å². The van der Waals surface area contributed by atoms with Crippen LogP contribution in [0.5, 0.6) is 0 Å². The highest BCUT2D eigenvalue weighted by molar-refractivity contribution is 6.00. The Morgan fingerprint density at radius 3 is 2.62 bits per heavy atom. The Bertz CT molecular complexity index is 514. The summed E-state index contributed by atoms with van der Waals surface area (Å²) in [5.41, 5.74) is 0. The molecule has 2 unspecified atom stereocenters. The lowest BCUT2D eigenvalue weighted by Gasteiger charge is -2.38. The molecule has 2 saturated carbocycles. The normalized spacial score (nSPS) is 33.8. The zero-order valence-corrected chi connectivity index (χ0v) is 14.4. The second-order valence-corrected chi connectivity index (χ2v) is 7.21. The monoisotopic (exact) mass is 337 g/mol. The fraction of sp³-hybridized carbons (Fsp3) is 0.882. The lowest BCUT2D eigenvalue weighted by molar-refractivity contribution is -0.527. The van der Waals surface area contributed by atoms with E-state index in [1.165, 1.54) is 6.42 Å². The number of carbonyl (C=O) groups is 1. The quantitative estimate of drug-likeness (QED) is 0.569. The Morgan fingerprint density at radius 1 is 1.21 bits per heavy atom. The van der Waals surface area contributed by atoms with Crippen molar-refractivity contribution in [2.24, 2.45) is 10.9 Å². The summed E-state index contributed by atoms with van der Waals surface area (Å²) in [6.45, 7) is 2.92. The highest BCUT2D eigenvalue weighted by Gasteiger charge is 2.38. The molecule has 134 valence electrons. The summed E-state index contributed by atoms with van der Waals surface area (Å²) in [6, 6.07) is -0.230. The number of ether oxygens (including phenoxy) is 1. The summed E-state index contributed by atoms with van der Waals surface area (Å²) in [6.07, 6.45) is 6.98. The molecule has 7 heteroatoms. The number of hydrogen-bond acceptors (Lipinski definition) is 5. The fourth-order valence-electron chi connectivity index (χ4n) is 4.23. The molecule has 1 amide bonds. The topological polar surface area (TPSA) is 85.0 Å². The molecular weight excluding hydrogens is 310 g/mol. The van der Waals surface area contributed by atoms with Gasteiger partial charge in [0.15, 0.2) is 0 Å². The first kappa shape index (κ1) is 17.3. The Morgan fingerprint density at radius 2 is 1.92 bits per heavy atom. The molecular formula is C17H27N3O4. The lowest BCUT2D eigenvalue weighted by atomic mass is 9.83. The van der Waals surface area contributed by atoms with Gasteiger partial charge in [0.1, 0.15) is 5.84 Å². The number of nitrogens with zero attached hydrogens (tertiary/aromatic N) is 3. The summed E-state index contributed by atoms with van der Waals surface area (Å²) in [7, 11) is 0. The third kappa shape index (κ3) is 3.77. The van der Waals surface area contributed by atoms with Crippen molar-refractivity contribution in [1.82, 2.24) is 4.90 Å². The van der Waals surface area contributed by atoms with E-state index < -0.39 is 6.04 Å². The van der Waals surface area contributed by atoms with Gasteiger partial charge in [-0.25, -0.2) is 0 Å². The maximum atomic E-state index is 12.7. The van der Waals surface area contributed by atoms with Gasteiger partial charge in [0.05, 0.1) is 31.2 Å². The van der Waals surface area contributed by atoms with Crippen molar-refractivity contribution in [2.45, 2.75) is 76.5 Å². The van der Waals surface area contributed by atoms with Crippen LogP contribution in [0.3, 0.4) is 0 Å². The standard InChI is InChI=1S/C17H27N3O4/c1-12-18-16-5-3-2-4-15(16)17(21)19(12)10-11-24-14-8-6-13(7-9-14)20(22)23/h13-16H,2-11H2,1H3. The van der Waals surface area contributed by atoms with E-state index in [4.69, 9.17) is 9.73 Å². The highest BCUT2D eigenvalue weighted by Crippen LogP contribution is 2.31. The van der Waals surface area contributed by atoms with Crippen LogP contribution in [-0.2, 0) is 9.53 Å². The summed E-state index contributed by atoms with van der Waals surface area (Å²) >= 11 is 0. The van der Waals surface area contributed by atoms with E-state index >= 15 is 0 Å². The van der Waals surface area contributed by atoms with Gasteiger partial charge in [-0.05, 0) is 32.6 Å². The predicted molar refractivity (Wildman–Crippen MR) is 89.6 cm³/mol. The molecule has 2 aliphatic carbocycles. The Hall–Kier alpha value is -1.50. The molecule has 24 heavy (non-hydrogen) atoms. The van der Waals surface area contributed by atoms with E-state index in [0.29, 0.717) is 26.0 Å². The molecule has 1 heterocycles. The van der Waals surface area contributed by atoms with Crippen LogP contribution in [0, 0.1) is 16.0 Å². The van der Waals surface area contributed by atoms with Crippen LogP contribution in [0.25, 0.3) is 0 Å². The number of nitro groups is 1. The van der Waals surface area contributed by atoms with Crippen molar-refractivity contribution < 1.29 is 14.5 Å². The molecule has 0 aromatic rings. The molecule has 7 nitrogen and oxygen atoms in total. The van der Waals surface area contributed by atoms with Crippen LogP contribution in [-0.4, -0.2) is 52.9 Å². The third-order valence-electron chi connectivity index (χ3n) is 5.67. The van der Waals surface area contributed by atoms with Crippen LogP contribution in [0.4, 0.5) is 0 Å². The summed E-state index contributed by atoms with van der Waals surface area (Å²) < 4.78 is 5.87. The van der Waals surface area contributed by atoms with Crippen LogP contribution in [0.2, 0.25) is 0 Å². The van der Waals surface area contributed by atoms with Crippen molar-refractivity contribution in [3.8, 4) is 0 Å². The maximum absolute atomic E-state index is 12.7. The molecule has 1 aliphatic heterocycles. The first-order chi connectivity index (χ1) is 11.6. The first-order valence-electron chi connectivity index (χ1n) is 9.17. The third-order valence-corrected chi connectivity index (χ3v) is 5.67. The van der Waals surface area contributed by atoms with Crippen molar-refractivity contribution in [3.63, 3.8) is 0 Å². The smallest absolute Gasteiger partial charge is 0.233 e. The minimum Gasteiger partial charge on any atom is -0.376 e. The van der Waals surface area contributed by atoms with E-state index in [9.17, 15) is 14.9 Å². The first-order valence-corrected chi connectivity index (χ1v) is 9.17. The molecule has 0 radical (unpaired) electrons. The van der Waals surface area contributed by atoms with Gasteiger partial charge in [-0.3, -0.25) is 24.8 Å². The minimum absolute atomic E-state index is 0.0537. The number of amides is 1. The van der Waals surface area contributed by atoms with Gasteiger partial charge in [0.2, 0.25) is 11.9 Å². The average molecular weight is 337 g/mol.